The lowest BCUT2D eigenvalue weighted by Gasteiger charge is -2.20. The van der Waals surface area contributed by atoms with Crippen molar-refractivity contribution in [1.29, 1.82) is 5.41 Å². The first-order valence-corrected chi connectivity index (χ1v) is 12.3. The van der Waals surface area contributed by atoms with Gasteiger partial charge in [-0.25, -0.2) is 18.7 Å². The van der Waals surface area contributed by atoms with Gasteiger partial charge in [0.2, 0.25) is 21.9 Å². The van der Waals surface area contributed by atoms with Crippen LogP contribution in [-0.2, 0) is 30.2 Å². The Bertz CT molecular complexity index is 1320. The van der Waals surface area contributed by atoms with Gasteiger partial charge in [-0.05, 0) is 36.8 Å². The highest BCUT2D eigenvalue weighted by Crippen LogP contribution is 2.17. The van der Waals surface area contributed by atoms with Crippen LogP contribution in [0, 0.1) is 12.3 Å². The molecular formula is C20H24ClF3N6O7S. The second-order valence-corrected chi connectivity index (χ2v) is 9.58. The van der Waals surface area contributed by atoms with Crippen molar-refractivity contribution in [3.63, 3.8) is 0 Å². The number of carbonyl (C=O) groups is 2. The molecule has 8 N–H and O–H groups in total. The number of carbonyl (C=O) groups excluding carboxylic acids is 1. The zero-order valence-electron chi connectivity index (χ0n) is 19.6. The molecule has 0 radical (unpaired) electrons. The van der Waals surface area contributed by atoms with Crippen LogP contribution in [0.2, 0.25) is 5.02 Å². The maximum Gasteiger partial charge on any atom is 0.490 e. The number of alkyl halides is 3. The molecule has 1 amide bonds. The van der Waals surface area contributed by atoms with Crippen molar-refractivity contribution in [1.82, 2.24) is 10.0 Å². The lowest BCUT2D eigenvalue weighted by Crippen LogP contribution is -2.38. The molecular weight excluding hydrogens is 561 g/mol. The molecule has 1 heterocycles. The van der Waals surface area contributed by atoms with Gasteiger partial charge in [-0.1, -0.05) is 23.7 Å². The molecule has 0 aliphatic carbocycles. The minimum absolute atomic E-state index is 0.0165. The number of benzene rings is 1. The average Bonchev–Trinajstić information content (AvgIpc) is 2.78. The zero-order valence-corrected chi connectivity index (χ0v) is 21.2. The van der Waals surface area contributed by atoms with Gasteiger partial charge in [0.15, 0.2) is 0 Å². The molecule has 0 saturated carbocycles. The van der Waals surface area contributed by atoms with Gasteiger partial charge in [0.05, 0.1) is 12.4 Å². The van der Waals surface area contributed by atoms with E-state index in [4.69, 9.17) is 43.2 Å². The summed E-state index contributed by atoms with van der Waals surface area (Å²) in [5.41, 5.74) is 12.6. The Kier molecular flexibility index (Phi) is 11.6. The number of aryl methyl sites for hydroxylation is 1. The van der Waals surface area contributed by atoms with Crippen LogP contribution in [0.15, 0.2) is 41.2 Å². The molecule has 1 atom stereocenters. The number of carboxylic acid groups (broad SMARTS) is 1. The van der Waals surface area contributed by atoms with E-state index in [0.29, 0.717) is 16.3 Å². The van der Waals surface area contributed by atoms with Crippen LogP contribution in [0.5, 0.6) is 0 Å². The van der Waals surface area contributed by atoms with Crippen LogP contribution in [-0.4, -0.2) is 48.7 Å². The Morgan fingerprint density at radius 1 is 1.18 bits per heavy atom. The van der Waals surface area contributed by atoms with Crippen molar-refractivity contribution in [3.8, 4) is 0 Å². The highest BCUT2D eigenvalue weighted by atomic mass is 35.5. The minimum atomic E-state index is -5.08. The monoisotopic (exact) mass is 584 g/mol. The third kappa shape index (κ3) is 10.7. The molecule has 0 aliphatic heterocycles. The number of rotatable bonds is 10. The molecule has 18 heteroatoms. The van der Waals surface area contributed by atoms with E-state index in [1.54, 1.807) is 31.2 Å². The first-order valence-electron chi connectivity index (χ1n) is 10.2. The molecule has 2 aromatic rings. The van der Waals surface area contributed by atoms with Crippen LogP contribution in [0.1, 0.15) is 23.7 Å². The fourth-order valence-electron chi connectivity index (χ4n) is 2.81. The lowest BCUT2D eigenvalue weighted by molar-refractivity contribution is -0.192. The molecule has 0 spiro atoms. The molecule has 2 rings (SSSR count). The number of sulfonamides is 1. The number of aliphatic carboxylic acids is 1. The summed E-state index contributed by atoms with van der Waals surface area (Å²) in [6.07, 6.45) is -5.10. The summed E-state index contributed by atoms with van der Waals surface area (Å²) in [6.45, 7) is 1.49. The molecule has 1 aromatic carbocycles. The Hall–Kier alpha value is -3.83. The van der Waals surface area contributed by atoms with E-state index in [1.165, 1.54) is 12.1 Å². The SMILES string of the molecule is Cc1ccc(NS(=O)(=O)Cc2ccc(Cl)cc2)c(=O)n1C(CCONC(=N)N)C(N)=O.O=C(O)C(F)(F)F. The second-order valence-electron chi connectivity index (χ2n) is 7.43. The van der Waals surface area contributed by atoms with Gasteiger partial charge >= 0.3 is 12.1 Å². The molecule has 38 heavy (non-hydrogen) atoms. The van der Waals surface area contributed by atoms with Crippen molar-refractivity contribution >= 4 is 45.1 Å². The zero-order chi connectivity index (χ0) is 29.3. The number of guanidine groups is 1. The van der Waals surface area contributed by atoms with Gasteiger partial charge < -0.3 is 16.6 Å². The number of nitrogens with zero attached hydrogens (tertiary/aromatic N) is 1. The molecule has 13 nitrogen and oxygen atoms in total. The molecule has 0 aliphatic rings. The maximum atomic E-state index is 13.0. The number of hydrogen-bond donors (Lipinski definition) is 6. The largest absolute Gasteiger partial charge is 0.490 e. The minimum Gasteiger partial charge on any atom is -0.475 e. The maximum absolute atomic E-state index is 13.0. The number of pyridine rings is 1. The fourth-order valence-corrected chi connectivity index (χ4v) is 4.13. The standard InChI is InChI=1S/C18H23ClN6O5S.C2HF3O2/c1-11-2-7-14(24-31(28,29)10-12-3-5-13(19)6-4-12)17(27)25(11)15(16(20)26)8-9-30-23-18(21)22;3-2(4,5)1(6)7/h2-7,15,24H,8-10H2,1H3,(H2,20,26)(H4,21,22,23);(H,6,7). The summed E-state index contributed by atoms with van der Waals surface area (Å²) in [6, 6.07) is 7.95. The fraction of sp³-hybridized carbons (Fsp3) is 0.300. The molecule has 210 valence electrons. The summed E-state index contributed by atoms with van der Waals surface area (Å²) < 4.78 is 60.2. The lowest BCUT2D eigenvalue weighted by atomic mass is 10.1. The van der Waals surface area contributed by atoms with E-state index < -0.39 is 45.6 Å². The van der Waals surface area contributed by atoms with E-state index in [2.05, 4.69) is 10.2 Å². The summed E-state index contributed by atoms with van der Waals surface area (Å²) in [4.78, 5) is 38.7. The van der Waals surface area contributed by atoms with E-state index in [1.807, 2.05) is 0 Å². The predicted octanol–water partition coefficient (Wildman–Crippen LogP) is 1.22. The summed E-state index contributed by atoms with van der Waals surface area (Å²) in [5, 5.41) is 14.6. The van der Waals surface area contributed by atoms with Crippen molar-refractivity contribution in [2.24, 2.45) is 11.5 Å². The van der Waals surface area contributed by atoms with Crippen molar-refractivity contribution in [2.45, 2.75) is 31.3 Å². The number of halogens is 4. The number of primary amides is 1. The smallest absolute Gasteiger partial charge is 0.475 e. The van der Waals surface area contributed by atoms with Crippen LogP contribution < -0.4 is 27.2 Å². The molecule has 1 unspecified atom stereocenters. The van der Waals surface area contributed by atoms with E-state index in [-0.39, 0.29) is 24.5 Å². The molecule has 1 aromatic heterocycles. The number of hydrogen-bond acceptors (Lipinski definition) is 7. The highest BCUT2D eigenvalue weighted by molar-refractivity contribution is 7.91. The van der Waals surface area contributed by atoms with Gasteiger partial charge in [0.25, 0.3) is 5.56 Å². The predicted molar refractivity (Wildman–Crippen MR) is 131 cm³/mol. The van der Waals surface area contributed by atoms with Crippen molar-refractivity contribution in [3.05, 3.63) is 63.0 Å². The Morgan fingerprint density at radius 2 is 1.74 bits per heavy atom. The Balaban J connectivity index is 0.000000905. The number of nitrogens with one attached hydrogen (secondary N) is 3. The number of aromatic nitrogens is 1. The third-order valence-corrected chi connectivity index (χ3v) is 5.91. The van der Waals surface area contributed by atoms with Crippen LogP contribution >= 0.6 is 11.6 Å². The van der Waals surface area contributed by atoms with Gasteiger partial charge in [0, 0.05) is 17.1 Å². The van der Waals surface area contributed by atoms with Crippen LogP contribution in [0.4, 0.5) is 18.9 Å². The summed E-state index contributed by atoms with van der Waals surface area (Å²) in [7, 11) is -3.92. The highest BCUT2D eigenvalue weighted by Gasteiger charge is 2.38. The Labute approximate surface area is 219 Å². The van der Waals surface area contributed by atoms with Crippen LogP contribution in [0.3, 0.4) is 0 Å². The van der Waals surface area contributed by atoms with E-state index in [9.17, 15) is 31.2 Å². The quantitative estimate of drug-likeness (QED) is 0.102. The number of carboxylic acids is 1. The molecule has 0 bridgehead atoms. The van der Waals surface area contributed by atoms with Crippen LogP contribution in [0.25, 0.3) is 0 Å². The van der Waals surface area contributed by atoms with Gasteiger partial charge in [-0.2, -0.15) is 13.2 Å². The summed E-state index contributed by atoms with van der Waals surface area (Å²) >= 11 is 5.81. The molecule has 0 saturated heterocycles. The number of hydroxylamine groups is 1. The normalized spacial score (nSPS) is 12.0. The third-order valence-electron chi connectivity index (χ3n) is 4.41. The van der Waals surface area contributed by atoms with Crippen molar-refractivity contribution < 1.29 is 41.1 Å². The number of nitrogens with two attached hydrogens (primary N) is 2. The van der Waals surface area contributed by atoms with Gasteiger partial charge in [-0.3, -0.25) is 29.1 Å². The van der Waals surface area contributed by atoms with Gasteiger partial charge in [0.1, 0.15) is 11.7 Å². The Morgan fingerprint density at radius 3 is 2.21 bits per heavy atom. The number of amides is 1. The average molecular weight is 585 g/mol. The van der Waals surface area contributed by atoms with E-state index >= 15 is 0 Å². The van der Waals surface area contributed by atoms with Crippen molar-refractivity contribution in [2.75, 3.05) is 11.3 Å². The van der Waals surface area contributed by atoms with E-state index in [0.717, 1.165) is 4.57 Å². The summed E-state index contributed by atoms with van der Waals surface area (Å²) in [5.74, 6) is -4.37. The number of anilines is 1. The van der Waals surface area contributed by atoms with Gasteiger partial charge in [-0.15, -0.1) is 0 Å². The topological polar surface area (TPSA) is 220 Å². The first-order chi connectivity index (χ1) is 17.4. The first kappa shape index (κ1) is 32.2. The second kappa shape index (κ2) is 13.6. The molecule has 0 fully saturated rings.